The summed E-state index contributed by atoms with van der Waals surface area (Å²) in [6.07, 6.45) is 6.85. The van der Waals surface area contributed by atoms with Gasteiger partial charge in [0.2, 0.25) is 11.7 Å². The predicted octanol–water partition coefficient (Wildman–Crippen LogP) is 3.42. The van der Waals surface area contributed by atoms with Crippen LogP contribution in [0.15, 0.2) is 18.2 Å². The fourth-order valence-electron chi connectivity index (χ4n) is 3.58. The van der Waals surface area contributed by atoms with Crippen LogP contribution in [0.5, 0.6) is 17.2 Å². The zero-order valence-corrected chi connectivity index (χ0v) is 15.2. The van der Waals surface area contributed by atoms with E-state index in [0.29, 0.717) is 42.3 Å². The monoisotopic (exact) mass is 345 g/mol. The Labute approximate surface area is 149 Å². The molecule has 5 heteroatoms. The van der Waals surface area contributed by atoms with E-state index in [9.17, 15) is 4.79 Å². The van der Waals surface area contributed by atoms with Crippen molar-refractivity contribution in [3.63, 3.8) is 0 Å². The van der Waals surface area contributed by atoms with E-state index < -0.39 is 0 Å². The van der Waals surface area contributed by atoms with E-state index >= 15 is 0 Å². The van der Waals surface area contributed by atoms with Crippen LogP contribution in [0.3, 0.4) is 0 Å². The second-order valence-corrected chi connectivity index (χ2v) is 6.96. The zero-order chi connectivity index (χ0) is 17.8. The van der Waals surface area contributed by atoms with Crippen LogP contribution in [0.2, 0.25) is 0 Å². The summed E-state index contributed by atoms with van der Waals surface area (Å²) in [7, 11) is 1.60. The van der Waals surface area contributed by atoms with Gasteiger partial charge in [0.05, 0.1) is 7.11 Å². The molecule has 1 saturated carbocycles. The Bertz CT molecular complexity index is 638. The number of fused-ring (bicyclic) bond motifs is 1. The fourth-order valence-corrected chi connectivity index (χ4v) is 3.58. The van der Waals surface area contributed by atoms with E-state index in [1.165, 1.54) is 12.8 Å². The second kappa shape index (κ2) is 7.81. The van der Waals surface area contributed by atoms with Gasteiger partial charge in [-0.1, -0.05) is 26.7 Å². The lowest BCUT2D eigenvalue weighted by atomic mass is 9.78. The van der Waals surface area contributed by atoms with Crippen LogP contribution >= 0.6 is 0 Å². The minimum Gasteiger partial charge on any atom is -0.493 e. The van der Waals surface area contributed by atoms with E-state index in [-0.39, 0.29) is 11.9 Å². The number of amides is 1. The first kappa shape index (κ1) is 17.6. The second-order valence-electron chi connectivity index (χ2n) is 6.96. The van der Waals surface area contributed by atoms with Gasteiger partial charge in [-0.25, -0.2) is 0 Å². The Morgan fingerprint density at radius 3 is 2.84 bits per heavy atom. The summed E-state index contributed by atoms with van der Waals surface area (Å²) in [6, 6.07) is 3.98. The van der Waals surface area contributed by atoms with Crippen LogP contribution in [0.1, 0.15) is 38.7 Å². The molecule has 136 valence electrons. The van der Waals surface area contributed by atoms with Crippen LogP contribution in [-0.4, -0.2) is 32.3 Å². The molecule has 0 saturated heterocycles. The molecule has 3 rings (SSSR count). The van der Waals surface area contributed by atoms with Crippen molar-refractivity contribution in [3.8, 4) is 17.2 Å². The highest BCUT2D eigenvalue weighted by molar-refractivity contribution is 5.92. The molecule has 1 heterocycles. The summed E-state index contributed by atoms with van der Waals surface area (Å²) < 4.78 is 16.6. The molecule has 1 fully saturated rings. The van der Waals surface area contributed by atoms with Gasteiger partial charge >= 0.3 is 0 Å². The Morgan fingerprint density at radius 2 is 2.04 bits per heavy atom. The number of nitrogens with one attached hydrogen (secondary N) is 1. The third kappa shape index (κ3) is 4.09. The van der Waals surface area contributed by atoms with Gasteiger partial charge in [0, 0.05) is 12.1 Å². The summed E-state index contributed by atoms with van der Waals surface area (Å²) in [5.74, 6) is 3.01. The van der Waals surface area contributed by atoms with Crippen molar-refractivity contribution in [1.82, 2.24) is 5.32 Å². The van der Waals surface area contributed by atoms with Crippen LogP contribution in [0.25, 0.3) is 6.08 Å². The van der Waals surface area contributed by atoms with E-state index in [0.717, 1.165) is 12.0 Å². The van der Waals surface area contributed by atoms with Gasteiger partial charge in [-0.3, -0.25) is 4.79 Å². The highest BCUT2D eigenvalue weighted by Crippen LogP contribution is 2.40. The van der Waals surface area contributed by atoms with Crippen LogP contribution in [0, 0.1) is 11.8 Å². The van der Waals surface area contributed by atoms with Crippen LogP contribution in [-0.2, 0) is 4.79 Å². The third-order valence-electron chi connectivity index (χ3n) is 5.31. The maximum absolute atomic E-state index is 12.3. The number of hydrogen-bond donors (Lipinski definition) is 1. The maximum atomic E-state index is 12.3. The average Bonchev–Trinajstić information content (AvgIpc) is 2.63. The molecule has 2 aliphatic rings. The molecule has 0 radical (unpaired) electrons. The van der Waals surface area contributed by atoms with Crippen LogP contribution in [0.4, 0.5) is 0 Å². The molecule has 1 aromatic carbocycles. The molecule has 0 spiro atoms. The number of rotatable bonds is 4. The van der Waals surface area contributed by atoms with Crippen molar-refractivity contribution in [2.75, 3.05) is 20.3 Å². The van der Waals surface area contributed by atoms with Crippen molar-refractivity contribution >= 4 is 12.0 Å². The predicted molar refractivity (Wildman–Crippen MR) is 97.1 cm³/mol. The van der Waals surface area contributed by atoms with E-state index in [1.54, 1.807) is 19.3 Å². The number of carbonyl (C=O) groups is 1. The molecule has 3 atom stereocenters. The van der Waals surface area contributed by atoms with Crippen molar-refractivity contribution in [1.29, 1.82) is 0 Å². The SMILES string of the molecule is COc1cc(/C=C/C(=O)NC2CCCC(C)C2C)cc2c1OCCO2. The van der Waals surface area contributed by atoms with Crippen molar-refractivity contribution in [3.05, 3.63) is 23.8 Å². The van der Waals surface area contributed by atoms with Gasteiger partial charge in [0.15, 0.2) is 11.5 Å². The molecule has 3 unspecified atom stereocenters. The number of benzene rings is 1. The first-order valence-electron chi connectivity index (χ1n) is 9.04. The quantitative estimate of drug-likeness (QED) is 0.850. The van der Waals surface area contributed by atoms with Gasteiger partial charge in [-0.15, -0.1) is 0 Å². The Morgan fingerprint density at radius 1 is 1.24 bits per heavy atom. The number of carbonyl (C=O) groups excluding carboxylic acids is 1. The van der Waals surface area contributed by atoms with Gasteiger partial charge in [0.1, 0.15) is 13.2 Å². The number of hydrogen-bond acceptors (Lipinski definition) is 4. The smallest absolute Gasteiger partial charge is 0.244 e. The van der Waals surface area contributed by atoms with Crippen molar-refractivity contribution in [2.45, 2.75) is 39.2 Å². The van der Waals surface area contributed by atoms with Gasteiger partial charge in [-0.2, -0.15) is 0 Å². The fraction of sp³-hybridized carbons (Fsp3) is 0.550. The van der Waals surface area contributed by atoms with Crippen molar-refractivity contribution < 1.29 is 19.0 Å². The largest absolute Gasteiger partial charge is 0.493 e. The van der Waals surface area contributed by atoms with Crippen LogP contribution < -0.4 is 19.5 Å². The summed E-state index contributed by atoms with van der Waals surface area (Å²) in [5.41, 5.74) is 0.848. The maximum Gasteiger partial charge on any atom is 0.244 e. The molecule has 0 bridgehead atoms. The van der Waals surface area contributed by atoms with E-state index in [1.807, 2.05) is 12.1 Å². The number of ether oxygens (including phenoxy) is 3. The highest BCUT2D eigenvalue weighted by Gasteiger charge is 2.27. The van der Waals surface area contributed by atoms with Gasteiger partial charge < -0.3 is 19.5 Å². The minimum absolute atomic E-state index is 0.0557. The zero-order valence-electron chi connectivity index (χ0n) is 15.2. The normalized spacial score (nSPS) is 25.6. The molecule has 5 nitrogen and oxygen atoms in total. The van der Waals surface area contributed by atoms with E-state index in [2.05, 4.69) is 19.2 Å². The first-order valence-corrected chi connectivity index (χ1v) is 9.04. The lowest BCUT2D eigenvalue weighted by Crippen LogP contribution is -2.43. The standard InChI is InChI=1S/C20H27NO4/c1-13-5-4-6-16(14(13)2)21-19(22)8-7-15-11-17(23-3)20-18(12-15)24-9-10-25-20/h7-8,11-14,16H,4-6,9-10H2,1-3H3,(H,21,22)/b8-7+. The molecule has 1 aromatic rings. The average molecular weight is 345 g/mol. The van der Waals surface area contributed by atoms with E-state index in [4.69, 9.17) is 14.2 Å². The molecular weight excluding hydrogens is 318 g/mol. The van der Waals surface area contributed by atoms with Gasteiger partial charge in [-0.05, 0) is 42.0 Å². The first-order chi connectivity index (χ1) is 12.1. The molecule has 25 heavy (non-hydrogen) atoms. The Balaban J connectivity index is 1.68. The summed E-state index contributed by atoms with van der Waals surface area (Å²) in [4.78, 5) is 12.3. The topological polar surface area (TPSA) is 56.8 Å². The Kier molecular flexibility index (Phi) is 5.51. The Hall–Kier alpha value is -2.17. The minimum atomic E-state index is -0.0557. The summed E-state index contributed by atoms with van der Waals surface area (Å²) >= 11 is 0. The number of methoxy groups -OCH3 is 1. The third-order valence-corrected chi connectivity index (χ3v) is 5.31. The molecule has 1 aliphatic carbocycles. The molecular formula is C20H27NO4. The molecule has 1 N–H and O–H groups in total. The summed E-state index contributed by atoms with van der Waals surface area (Å²) in [6.45, 7) is 5.52. The van der Waals surface area contributed by atoms with Crippen molar-refractivity contribution in [2.24, 2.45) is 11.8 Å². The molecule has 1 amide bonds. The highest BCUT2D eigenvalue weighted by atomic mass is 16.6. The summed E-state index contributed by atoms with van der Waals surface area (Å²) in [5, 5.41) is 3.15. The molecule has 1 aliphatic heterocycles. The molecule has 0 aromatic heterocycles. The van der Waals surface area contributed by atoms with Gasteiger partial charge in [0.25, 0.3) is 0 Å². The lowest BCUT2D eigenvalue weighted by molar-refractivity contribution is -0.117. The lowest BCUT2D eigenvalue weighted by Gasteiger charge is -2.34.